The molecule has 0 saturated heterocycles. The minimum Gasteiger partial charge on any atom is -0.508 e. The van der Waals surface area contributed by atoms with Crippen molar-refractivity contribution >= 4 is 0 Å². The van der Waals surface area contributed by atoms with Gasteiger partial charge in [-0.15, -0.1) is 0 Å². The fourth-order valence-corrected chi connectivity index (χ4v) is 2.61. The Hall–Kier alpha value is -2.74. The predicted molar refractivity (Wildman–Crippen MR) is 93.2 cm³/mol. The van der Waals surface area contributed by atoms with Gasteiger partial charge < -0.3 is 9.84 Å². The van der Waals surface area contributed by atoms with Crippen molar-refractivity contribution in [2.75, 3.05) is 0 Å². The molecule has 0 aliphatic carbocycles. The number of aromatic hydroxyl groups is 1. The topological polar surface area (TPSA) is 29.5 Å². The van der Waals surface area contributed by atoms with Gasteiger partial charge in [-0.25, -0.2) is 0 Å². The van der Waals surface area contributed by atoms with Crippen LogP contribution >= 0.6 is 0 Å². The lowest BCUT2D eigenvalue weighted by atomic mass is 9.78. The Kier molecular flexibility index (Phi) is 4.07. The van der Waals surface area contributed by atoms with E-state index in [1.54, 1.807) is 12.1 Å². The van der Waals surface area contributed by atoms with Crippen molar-refractivity contribution in [3.8, 4) is 17.2 Å². The lowest BCUT2D eigenvalue weighted by molar-refractivity contribution is 0.474. The molecule has 1 N–H and O–H groups in total. The van der Waals surface area contributed by atoms with Crippen LogP contribution in [-0.2, 0) is 5.41 Å². The quantitative estimate of drug-likeness (QED) is 0.688. The summed E-state index contributed by atoms with van der Waals surface area (Å²) in [7, 11) is 0. The van der Waals surface area contributed by atoms with Crippen LogP contribution in [0.2, 0.25) is 0 Å². The Bertz CT molecular complexity index is 757. The summed E-state index contributed by atoms with van der Waals surface area (Å²) in [5.74, 6) is 1.94. The number of phenols is 1. The minimum absolute atomic E-state index is 0.140. The fourth-order valence-electron chi connectivity index (χ4n) is 2.61. The highest BCUT2D eigenvalue weighted by atomic mass is 16.5. The van der Waals surface area contributed by atoms with Crippen LogP contribution in [0, 0.1) is 0 Å². The molecule has 0 aromatic heterocycles. The van der Waals surface area contributed by atoms with E-state index in [0.717, 1.165) is 17.1 Å². The van der Waals surface area contributed by atoms with Gasteiger partial charge in [0.15, 0.2) is 0 Å². The maximum atomic E-state index is 9.45. The van der Waals surface area contributed by atoms with E-state index in [1.807, 2.05) is 54.6 Å². The van der Waals surface area contributed by atoms with E-state index in [2.05, 4.69) is 26.0 Å². The molecule has 0 amide bonds. The van der Waals surface area contributed by atoms with E-state index in [0.29, 0.717) is 0 Å². The van der Waals surface area contributed by atoms with Crippen molar-refractivity contribution in [1.29, 1.82) is 0 Å². The zero-order valence-corrected chi connectivity index (χ0v) is 13.4. The molecule has 2 nitrogen and oxygen atoms in total. The molecule has 23 heavy (non-hydrogen) atoms. The number of benzene rings is 3. The van der Waals surface area contributed by atoms with Crippen molar-refractivity contribution in [2.24, 2.45) is 0 Å². The summed E-state index contributed by atoms with van der Waals surface area (Å²) in [6.45, 7) is 4.35. The molecule has 0 radical (unpaired) electrons. The van der Waals surface area contributed by atoms with E-state index >= 15 is 0 Å². The van der Waals surface area contributed by atoms with Gasteiger partial charge in [-0.2, -0.15) is 0 Å². The molecule has 0 heterocycles. The molecule has 0 aliphatic heterocycles. The molecule has 3 rings (SSSR count). The maximum Gasteiger partial charge on any atom is 0.127 e. The Morgan fingerprint density at radius 3 is 1.70 bits per heavy atom. The number of para-hydroxylation sites is 1. The minimum atomic E-state index is -0.140. The molecule has 3 aromatic rings. The van der Waals surface area contributed by atoms with Crippen molar-refractivity contribution < 1.29 is 9.84 Å². The summed E-state index contributed by atoms with van der Waals surface area (Å²) in [5, 5.41) is 9.45. The zero-order valence-electron chi connectivity index (χ0n) is 13.4. The molecule has 0 bridgehead atoms. The monoisotopic (exact) mass is 304 g/mol. The molecule has 2 heteroatoms. The molecule has 0 aliphatic rings. The summed E-state index contributed by atoms with van der Waals surface area (Å²) >= 11 is 0. The molecule has 0 spiro atoms. The molecule has 0 atom stereocenters. The lowest BCUT2D eigenvalue weighted by Crippen LogP contribution is -2.18. The molecule has 0 unspecified atom stereocenters. The van der Waals surface area contributed by atoms with Gasteiger partial charge in [-0.1, -0.05) is 56.3 Å². The Balaban J connectivity index is 1.82. The van der Waals surface area contributed by atoms with Crippen molar-refractivity contribution in [3.63, 3.8) is 0 Å². The number of hydrogen-bond acceptors (Lipinski definition) is 2. The highest BCUT2D eigenvalue weighted by Gasteiger charge is 2.23. The third kappa shape index (κ3) is 3.37. The summed E-state index contributed by atoms with van der Waals surface area (Å²) < 4.78 is 5.83. The molecular formula is C21H20O2. The fraction of sp³-hybridized carbons (Fsp3) is 0.143. The van der Waals surface area contributed by atoms with Crippen molar-refractivity contribution in [1.82, 2.24) is 0 Å². The normalized spacial score (nSPS) is 11.2. The van der Waals surface area contributed by atoms with Gasteiger partial charge in [0.25, 0.3) is 0 Å². The second kappa shape index (κ2) is 6.17. The van der Waals surface area contributed by atoms with E-state index in [4.69, 9.17) is 4.74 Å². The van der Waals surface area contributed by atoms with E-state index < -0.39 is 0 Å². The van der Waals surface area contributed by atoms with Crippen LogP contribution < -0.4 is 4.74 Å². The first-order chi connectivity index (χ1) is 11.1. The average Bonchev–Trinajstić information content (AvgIpc) is 2.57. The van der Waals surface area contributed by atoms with Gasteiger partial charge in [0.05, 0.1) is 0 Å². The number of phenolic OH excluding ortho intramolecular Hbond substituents is 1. The van der Waals surface area contributed by atoms with E-state index in [9.17, 15) is 5.11 Å². The lowest BCUT2D eigenvalue weighted by Gasteiger charge is -2.26. The van der Waals surface area contributed by atoms with Crippen LogP contribution in [0.5, 0.6) is 17.2 Å². The first-order valence-corrected chi connectivity index (χ1v) is 7.69. The van der Waals surface area contributed by atoms with Gasteiger partial charge in [0.1, 0.15) is 17.2 Å². The van der Waals surface area contributed by atoms with Crippen LogP contribution in [0.1, 0.15) is 25.0 Å². The summed E-state index contributed by atoms with van der Waals surface area (Å²) in [6, 6.07) is 25.3. The van der Waals surface area contributed by atoms with Crippen molar-refractivity contribution in [2.45, 2.75) is 19.3 Å². The average molecular weight is 304 g/mol. The predicted octanol–water partition coefficient (Wildman–Crippen LogP) is 5.51. The van der Waals surface area contributed by atoms with Gasteiger partial charge in [-0.3, -0.25) is 0 Å². The van der Waals surface area contributed by atoms with E-state index in [1.165, 1.54) is 5.56 Å². The van der Waals surface area contributed by atoms with Crippen LogP contribution in [-0.4, -0.2) is 5.11 Å². The Labute approximate surface area is 137 Å². The van der Waals surface area contributed by atoms with E-state index in [-0.39, 0.29) is 11.2 Å². The van der Waals surface area contributed by atoms with Crippen molar-refractivity contribution in [3.05, 3.63) is 90.0 Å². The second-order valence-corrected chi connectivity index (χ2v) is 6.11. The highest BCUT2D eigenvalue weighted by Crippen LogP contribution is 2.33. The number of ether oxygens (including phenoxy) is 1. The summed E-state index contributed by atoms with van der Waals surface area (Å²) in [6.07, 6.45) is 0. The van der Waals surface area contributed by atoms with Crippen LogP contribution in [0.25, 0.3) is 0 Å². The largest absolute Gasteiger partial charge is 0.508 e. The summed E-state index contributed by atoms with van der Waals surface area (Å²) in [5.41, 5.74) is 2.22. The summed E-state index contributed by atoms with van der Waals surface area (Å²) in [4.78, 5) is 0. The first kappa shape index (κ1) is 15.2. The number of rotatable bonds is 4. The number of hydrogen-bond donors (Lipinski definition) is 1. The van der Waals surface area contributed by atoms with Crippen LogP contribution in [0.3, 0.4) is 0 Å². The van der Waals surface area contributed by atoms with Gasteiger partial charge in [0, 0.05) is 5.41 Å². The Morgan fingerprint density at radius 2 is 1.13 bits per heavy atom. The first-order valence-electron chi connectivity index (χ1n) is 7.69. The standard InChI is InChI=1S/C21H20O2/c1-21(2,16-8-12-18(22)13-9-16)17-10-14-20(15-11-17)23-19-6-4-3-5-7-19/h3-15,22H,1-2H3. The third-order valence-electron chi connectivity index (χ3n) is 4.14. The second-order valence-electron chi connectivity index (χ2n) is 6.11. The third-order valence-corrected chi connectivity index (χ3v) is 4.14. The molecule has 0 fully saturated rings. The Morgan fingerprint density at radius 1 is 0.652 bits per heavy atom. The van der Waals surface area contributed by atoms with Gasteiger partial charge in [0.2, 0.25) is 0 Å². The zero-order chi connectivity index (χ0) is 16.3. The maximum absolute atomic E-state index is 9.45. The highest BCUT2D eigenvalue weighted by molar-refractivity contribution is 5.42. The van der Waals surface area contributed by atoms with Gasteiger partial charge >= 0.3 is 0 Å². The van der Waals surface area contributed by atoms with Crippen LogP contribution in [0.4, 0.5) is 0 Å². The molecule has 116 valence electrons. The smallest absolute Gasteiger partial charge is 0.127 e. The molecule has 0 saturated carbocycles. The SMILES string of the molecule is CC(C)(c1ccc(O)cc1)c1ccc(Oc2ccccc2)cc1. The van der Waals surface area contributed by atoms with Gasteiger partial charge in [-0.05, 0) is 47.5 Å². The van der Waals surface area contributed by atoms with Crippen LogP contribution in [0.15, 0.2) is 78.9 Å². The molecular weight excluding hydrogens is 284 g/mol. The molecule has 3 aromatic carbocycles.